The van der Waals surface area contributed by atoms with Crippen LogP contribution in [0.1, 0.15) is 85.5 Å². The minimum Gasteiger partial charge on any atom is -0.393 e. The smallest absolute Gasteiger partial charge is 0.393 e. The molecule has 186 valence electrons. The summed E-state index contributed by atoms with van der Waals surface area (Å²) in [4.78, 5) is 0. The van der Waals surface area contributed by atoms with Gasteiger partial charge in [-0.15, -0.1) is 0 Å². The fourth-order valence-electron chi connectivity index (χ4n) is 9.47. The monoisotopic (exact) mass is 472 g/mol. The summed E-state index contributed by atoms with van der Waals surface area (Å²) in [6.07, 6.45) is 8.38. The van der Waals surface area contributed by atoms with Gasteiger partial charge in [-0.3, -0.25) is 4.55 Å². The first-order valence-electron chi connectivity index (χ1n) is 12.9. The molecule has 0 heterocycles. The summed E-state index contributed by atoms with van der Waals surface area (Å²) < 4.78 is 35.4. The van der Waals surface area contributed by atoms with Crippen LogP contribution in [0.3, 0.4) is 0 Å². The minimum atomic E-state index is -4.39. The Kier molecular flexibility index (Phi) is 6.83. The van der Waals surface area contributed by atoms with Gasteiger partial charge in [-0.25, -0.2) is 4.18 Å². The summed E-state index contributed by atoms with van der Waals surface area (Å²) >= 11 is 0. The molecule has 0 bridgehead atoms. The summed E-state index contributed by atoms with van der Waals surface area (Å²) in [5.41, 5.74) is 0.355. The van der Waals surface area contributed by atoms with Crippen molar-refractivity contribution in [1.29, 1.82) is 0 Å². The summed E-state index contributed by atoms with van der Waals surface area (Å²) in [5, 5.41) is 22.1. The highest BCUT2D eigenvalue weighted by molar-refractivity contribution is 7.80. The molecule has 0 amide bonds. The van der Waals surface area contributed by atoms with E-state index in [1.165, 1.54) is 0 Å². The van der Waals surface area contributed by atoms with E-state index in [0.29, 0.717) is 41.9 Å². The number of hydrogen-bond acceptors (Lipinski definition) is 5. The standard InChI is InChI=1S/C25H44O6S/c1-5-17-21-14-16(26)8-11-25(21,4)20-9-12-24(3)18(6-7-19(24)22(20)23(17)27)15(2)10-13-31-32(28,29)30/h15-23,26-27H,5-14H2,1-4H3,(H,28,29,30)/t15-,16-,17-,18-,19?,20?,21+,22?,23?,24-,25-/m1/s1. The van der Waals surface area contributed by atoms with Crippen molar-refractivity contribution >= 4 is 10.4 Å². The van der Waals surface area contributed by atoms with Crippen molar-refractivity contribution < 1.29 is 27.4 Å². The first kappa shape index (κ1) is 24.9. The molecule has 0 aromatic rings. The molecule has 0 aromatic carbocycles. The molecule has 4 fully saturated rings. The zero-order chi connectivity index (χ0) is 23.5. The van der Waals surface area contributed by atoms with Gasteiger partial charge in [0.1, 0.15) is 0 Å². The Hall–Kier alpha value is -0.210. The van der Waals surface area contributed by atoms with Gasteiger partial charge in [0.2, 0.25) is 0 Å². The summed E-state index contributed by atoms with van der Waals surface area (Å²) in [7, 11) is -4.39. The highest BCUT2D eigenvalue weighted by atomic mass is 32.3. The van der Waals surface area contributed by atoms with Gasteiger partial charge in [-0.2, -0.15) is 8.42 Å². The summed E-state index contributed by atoms with van der Waals surface area (Å²) in [5.74, 6) is 2.78. The SMILES string of the molecule is CC[C@H]1C(O)C2C3CC[C@H]([C@H](C)CCOS(=O)(=O)O)[C@@]3(C)CCC2[C@@]2(C)CC[C@@H](O)C[C@@H]12. The van der Waals surface area contributed by atoms with E-state index in [9.17, 15) is 18.6 Å². The van der Waals surface area contributed by atoms with Gasteiger partial charge in [0.05, 0.1) is 18.8 Å². The molecule has 4 unspecified atom stereocenters. The van der Waals surface area contributed by atoms with Crippen LogP contribution in [0.5, 0.6) is 0 Å². The molecule has 32 heavy (non-hydrogen) atoms. The lowest BCUT2D eigenvalue weighted by molar-refractivity contribution is -0.203. The zero-order valence-corrected chi connectivity index (χ0v) is 21.1. The number of fused-ring (bicyclic) bond motifs is 5. The Morgan fingerprint density at radius 1 is 1.00 bits per heavy atom. The van der Waals surface area contributed by atoms with Crippen LogP contribution in [0.15, 0.2) is 0 Å². The fourth-order valence-corrected chi connectivity index (χ4v) is 9.78. The Balaban J connectivity index is 1.56. The largest absolute Gasteiger partial charge is 0.397 e. The maximum absolute atomic E-state index is 11.7. The van der Waals surface area contributed by atoms with Crippen LogP contribution >= 0.6 is 0 Å². The lowest BCUT2D eigenvalue weighted by atomic mass is 9.41. The third-order valence-corrected chi connectivity index (χ3v) is 11.4. The molecule has 0 radical (unpaired) electrons. The average Bonchev–Trinajstić information content (AvgIpc) is 3.06. The predicted molar refractivity (Wildman–Crippen MR) is 123 cm³/mol. The van der Waals surface area contributed by atoms with Crippen molar-refractivity contribution in [3.63, 3.8) is 0 Å². The van der Waals surface area contributed by atoms with Crippen molar-refractivity contribution in [2.75, 3.05) is 6.61 Å². The highest BCUT2D eigenvalue weighted by Gasteiger charge is 2.64. The van der Waals surface area contributed by atoms with E-state index in [0.717, 1.165) is 51.4 Å². The van der Waals surface area contributed by atoms with Gasteiger partial charge >= 0.3 is 10.4 Å². The molecule has 0 saturated heterocycles. The Morgan fingerprint density at radius 2 is 1.66 bits per heavy atom. The second-order valence-corrected chi connectivity index (χ2v) is 13.2. The number of aliphatic hydroxyl groups excluding tert-OH is 2. The molecule has 4 saturated carbocycles. The molecular formula is C25H44O6S. The Bertz CT molecular complexity index is 785. The van der Waals surface area contributed by atoms with Gasteiger partial charge in [-0.1, -0.05) is 34.1 Å². The molecule has 0 aromatic heterocycles. The maximum Gasteiger partial charge on any atom is 0.397 e. The summed E-state index contributed by atoms with van der Waals surface area (Å²) in [6.45, 7) is 9.28. The molecular weight excluding hydrogens is 428 g/mol. The van der Waals surface area contributed by atoms with Gasteiger partial charge in [0.25, 0.3) is 0 Å². The first-order valence-corrected chi connectivity index (χ1v) is 14.3. The van der Waals surface area contributed by atoms with Crippen molar-refractivity contribution in [3.8, 4) is 0 Å². The molecule has 3 N–H and O–H groups in total. The zero-order valence-electron chi connectivity index (χ0n) is 20.2. The summed E-state index contributed by atoms with van der Waals surface area (Å²) in [6, 6.07) is 0. The third kappa shape index (κ3) is 4.08. The molecule has 0 aliphatic heterocycles. The van der Waals surface area contributed by atoms with Crippen LogP contribution in [-0.4, -0.2) is 42.0 Å². The van der Waals surface area contributed by atoms with E-state index in [-0.39, 0.29) is 35.6 Å². The molecule has 7 heteroatoms. The quantitative estimate of drug-likeness (QED) is 0.493. The topological polar surface area (TPSA) is 104 Å². The van der Waals surface area contributed by atoms with Gasteiger partial charge in [-0.05, 0) is 104 Å². The predicted octanol–water partition coefficient (Wildman–Crippen LogP) is 4.46. The van der Waals surface area contributed by atoms with Crippen molar-refractivity contribution in [2.24, 2.45) is 52.3 Å². The van der Waals surface area contributed by atoms with Gasteiger partial charge in [0.15, 0.2) is 0 Å². The number of hydrogen-bond donors (Lipinski definition) is 3. The van der Waals surface area contributed by atoms with Crippen molar-refractivity contribution in [3.05, 3.63) is 0 Å². The molecule has 6 nitrogen and oxygen atoms in total. The van der Waals surface area contributed by atoms with E-state index in [1.54, 1.807) is 0 Å². The molecule has 4 aliphatic carbocycles. The van der Waals surface area contributed by atoms with E-state index >= 15 is 0 Å². The second kappa shape index (κ2) is 8.78. The fraction of sp³-hybridized carbons (Fsp3) is 1.00. The molecule has 11 atom stereocenters. The lowest BCUT2D eigenvalue weighted by Gasteiger charge is -2.64. The minimum absolute atomic E-state index is 0.0198. The van der Waals surface area contributed by atoms with E-state index in [1.807, 2.05) is 0 Å². The lowest BCUT2D eigenvalue weighted by Crippen LogP contribution is -2.62. The number of aliphatic hydroxyl groups is 2. The molecule has 4 aliphatic rings. The Labute approximate surface area is 194 Å². The molecule has 0 spiro atoms. The normalized spacial score (nSPS) is 49.7. The van der Waals surface area contributed by atoms with Crippen LogP contribution in [-0.2, 0) is 14.6 Å². The Morgan fingerprint density at radius 3 is 2.31 bits per heavy atom. The van der Waals surface area contributed by atoms with Gasteiger partial charge < -0.3 is 10.2 Å². The van der Waals surface area contributed by atoms with Crippen LogP contribution in [0, 0.1) is 52.3 Å². The maximum atomic E-state index is 11.7. The average molecular weight is 473 g/mol. The van der Waals surface area contributed by atoms with Crippen molar-refractivity contribution in [2.45, 2.75) is 97.7 Å². The van der Waals surface area contributed by atoms with Crippen LogP contribution in [0.2, 0.25) is 0 Å². The van der Waals surface area contributed by atoms with Crippen LogP contribution < -0.4 is 0 Å². The van der Waals surface area contributed by atoms with Crippen LogP contribution in [0.25, 0.3) is 0 Å². The van der Waals surface area contributed by atoms with Gasteiger partial charge in [0, 0.05) is 0 Å². The van der Waals surface area contributed by atoms with E-state index in [4.69, 9.17) is 4.55 Å². The number of rotatable bonds is 6. The third-order valence-electron chi connectivity index (χ3n) is 11.0. The van der Waals surface area contributed by atoms with Crippen molar-refractivity contribution in [1.82, 2.24) is 0 Å². The first-order chi connectivity index (χ1) is 14.9. The highest BCUT2D eigenvalue weighted by Crippen LogP contribution is 2.69. The van der Waals surface area contributed by atoms with Crippen LogP contribution in [0.4, 0.5) is 0 Å². The molecule has 4 rings (SSSR count). The van der Waals surface area contributed by atoms with E-state index < -0.39 is 10.4 Å². The van der Waals surface area contributed by atoms with E-state index in [2.05, 4.69) is 31.9 Å². The second-order valence-electron chi connectivity index (χ2n) is 12.1.